The van der Waals surface area contributed by atoms with Gasteiger partial charge in [0.1, 0.15) is 5.56 Å². The maximum Gasteiger partial charge on any atom is 0.319 e. The highest BCUT2D eigenvalue weighted by Crippen LogP contribution is 2.25. The van der Waals surface area contributed by atoms with Crippen LogP contribution in [0.25, 0.3) is 0 Å². The topological polar surface area (TPSA) is 88.4 Å². The first-order valence-corrected chi connectivity index (χ1v) is 6.99. The third-order valence-corrected chi connectivity index (χ3v) is 3.44. The molecule has 0 radical (unpaired) electrons. The number of carbonyl (C=O) groups is 1. The molecule has 0 saturated carbocycles. The molecule has 0 bridgehead atoms. The Labute approximate surface area is 128 Å². The van der Waals surface area contributed by atoms with Crippen LogP contribution in [0, 0.1) is 10.1 Å². The normalized spacial score (nSPS) is 11.0. The lowest BCUT2D eigenvalue weighted by molar-refractivity contribution is -0.385. The lowest BCUT2D eigenvalue weighted by atomic mass is 10.2. The summed E-state index contributed by atoms with van der Waals surface area (Å²) in [6.45, 7) is 5.44. The van der Waals surface area contributed by atoms with Gasteiger partial charge in [-0.25, -0.2) is 4.98 Å². The van der Waals surface area contributed by atoms with Crippen molar-refractivity contribution < 1.29 is 9.72 Å². The molecule has 1 aromatic heterocycles. The molecule has 1 rings (SSSR count). The van der Waals surface area contributed by atoms with Gasteiger partial charge in [0.15, 0.2) is 0 Å². The van der Waals surface area contributed by atoms with E-state index < -0.39 is 16.5 Å². The number of amides is 1. The smallest absolute Gasteiger partial charge is 0.319 e. The quantitative estimate of drug-likeness (QED) is 0.360. The number of nitrogens with one attached hydrogen (secondary N) is 1. The molecule has 0 aliphatic carbocycles. The molecular weight excluding hydrogens is 296 g/mol. The predicted molar refractivity (Wildman–Crippen MR) is 80.6 cm³/mol. The lowest BCUT2D eigenvalue weighted by Gasteiger charge is -2.20. The minimum atomic E-state index is -0.698. The van der Waals surface area contributed by atoms with E-state index in [0.29, 0.717) is 12.6 Å². The van der Waals surface area contributed by atoms with Crippen LogP contribution in [-0.4, -0.2) is 46.9 Å². The summed E-state index contributed by atoms with van der Waals surface area (Å²) in [5.41, 5.74) is -0.534. The van der Waals surface area contributed by atoms with E-state index in [1.54, 1.807) is 0 Å². The largest absolute Gasteiger partial charge is 0.352 e. The number of rotatable bonds is 7. The minimum Gasteiger partial charge on any atom is -0.352 e. The summed E-state index contributed by atoms with van der Waals surface area (Å²) in [7, 11) is 2.00. The molecule has 0 spiro atoms. The summed E-state index contributed by atoms with van der Waals surface area (Å²) in [5.74, 6) is -0.516. The van der Waals surface area contributed by atoms with Crippen LogP contribution in [0.2, 0.25) is 5.15 Å². The molecule has 0 aromatic carbocycles. The van der Waals surface area contributed by atoms with Crippen molar-refractivity contribution in [3.63, 3.8) is 0 Å². The molecule has 8 heteroatoms. The van der Waals surface area contributed by atoms with E-state index in [0.717, 1.165) is 13.0 Å². The highest BCUT2D eigenvalue weighted by molar-refractivity contribution is 6.32. The van der Waals surface area contributed by atoms with E-state index in [2.05, 4.69) is 29.0 Å². The van der Waals surface area contributed by atoms with Crippen molar-refractivity contribution in [2.24, 2.45) is 0 Å². The number of hydrogen-bond donors (Lipinski definition) is 1. The van der Waals surface area contributed by atoms with Crippen LogP contribution >= 0.6 is 11.6 Å². The van der Waals surface area contributed by atoms with Crippen molar-refractivity contribution in [3.05, 3.63) is 33.1 Å². The van der Waals surface area contributed by atoms with Crippen LogP contribution in [0.3, 0.4) is 0 Å². The molecule has 21 heavy (non-hydrogen) atoms. The number of carbonyl (C=O) groups excluding carboxylic acids is 1. The summed E-state index contributed by atoms with van der Waals surface area (Å²) in [5, 5.41) is 13.3. The molecule has 1 aromatic rings. The standard InChI is InChI=1S/C13H19ClN4O3/c1-9(2)17(3)8-4-6-16-13(19)10-5-7-15-12(14)11(10)18(20)21/h5,7,9H,4,6,8H2,1-3H3,(H,16,19). The van der Waals surface area contributed by atoms with Crippen LogP contribution in [0.1, 0.15) is 30.6 Å². The highest BCUT2D eigenvalue weighted by atomic mass is 35.5. The van der Waals surface area contributed by atoms with Gasteiger partial charge in [-0.15, -0.1) is 0 Å². The SMILES string of the molecule is CC(C)N(C)CCCNC(=O)c1ccnc(Cl)c1[N+](=O)[O-]. The average molecular weight is 315 g/mol. The Morgan fingerprint density at radius 1 is 1.57 bits per heavy atom. The first kappa shape index (κ1) is 17.3. The van der Waals surface area contributed by atoms with E-state index in [-0.39, 0.29) is 10.7 Å². The third-order valence-electron chi connectivity index (χ3n) is 3.16. The molecule has 0 unspecified atom stereocenters. The van der Waals surface area contributed by atoms with Crippen molar-refractivity contribution in [2.45, 2.75) is 26.3 Å². The minimum absolute atomic E-state index is 0.0720. The second-order valence-corrected chi connectivity index (χ2v) is 5.30. The summed E-state index contributed by atoms with van der Waals surface area (Å²) in [4.78, 5) is 28.0. The molecular formula is C13H19ClN4O3. The number of nitrogens with zero attached hydrogens (tertiary/aromatic N) is 3. The number of aromatic nitrogens is 1. The fourth-order valence-electron chi connectivity index (χ4n) is 1.67. The van der Waals surface area contributed by atoms with Crippen LogP contribution in [-0.2, 0) is 0 Å². The van der Waals surface area contributed by atoms with Crippen molar-refractivity contribution in [1.29, 1.82) is 0 Å². The maximum atomic E-state index is 12.0. The van der Waals surface area contributed by atoms with Gasteiger partial charge in [0.25, 0.3) is 5.91 Å². The van der Waals surface area contributed by atoms with Gasteiger partial charge in [-0.1, -0.05) is 11.6 Å². The van der Waals surface area contributed by atoms with Crippen molar-refractivity contribution in [1.82, 2.24) is 15.2 Å². The van der Waals surface area contributed by atoms with Crippen LogP contribution in [0.15, 0.2) is 12.3 Å². The van der Waals surface area contributed by atoms with E-state index in [1.807, 2.05) is 7.05 Å². The van der Waals surface area contributed by atoms with Gasteiger partial charge < -0.3 is 10.2 Å². The second-order valence-electron chi connectivity index (χ2n) is 4.94. The Morgan fingerprint density at radius 2 is 2.24 bits per heavy atom. The number of halogens is 1. The number of pyridine rings is 1. The van der Waals surface area contributed by atoms with Gasteiger partial charge in [0.05, 0.1) is 4.92 Å². The Balaban J connectivity index is 2.61. The first-order chi connectivity index (χ1) is 9.84. The lowest BCUT2D eigenvalue weighted by Crippen LogP contribution is -2.31. The summed E-state index contributed by atoms with van der Waals surface area (Å²) in [6, 6.07) is 1.72. The first-order valence-electron chi connectivity index (χ1n) is 6.62. The Bertz CT molecular complexity index is 522. The molecule has 1 heterocycles. The van der Waals surface area contributed by atoms with Gasteiger partial charge in [-0.3, -0.25) is 14.9 Å². The highest BCUT2D eigenvalue weighted by Gasteiger charge is 2.24. The molecule has 1 N–H and O–H groups in total. The molecule has 0 aliphatic rings. The van der Waals surface area contributed by atoms with Gasteiger partial charge in [-0.05, 0) is 39.9 Å². The van der Waals surface area contributed by atoms with Crippen LogP contribution in [0.5, 0.6) is 0 Å². The van der Waals surface area contributed by atoms with Gasteiger partial charge in [-0.2, -0.15) is 0 Å². The number of hydrogen-bond acceptors (Lipinski definition) is 5. The fraction of sp³-hybridized carbons (Fsp3) is 0.538. The molecule has 0 atom stereocenters. The van der Waals surface area contributed by atoms with Crippen molar-refractivity contribution in [2.75, 3.05) is 20.1 Å². The molecule has 0 fully saturated rings. The van der Waals surface area contributed by atoms with Crippen molar-refractivity contribution in [3.8, 4) is 0 Å². The summed E-state index contributed by atoms with van der Waals surface area (Å²) < 4.78 is 0. The Kier molecular flexibility index (Phi) is 6.51. The predicted octanol–water partition coefficient (Wildman–Crippen LogP) is 2.10. The summed E-state index contributed by atoms with van der Waals surface area (Å²) >= 11 is 5.67. The molecule has 116 valence electrons. The monoisotopic (exact) mass is 314 g/mol. The van der Waals surface area contributed by atoms with Gasteiger partial charge in [0, 0.05) is 18.8 Å². The molecule has 0 saturated heterocycles. The van der Waals surface area contributed by atoms with E-state index in [4.69, 9.17) is 11.6 Å². The Hall–Kier alpha value is -1.73. The van der Waals surface area contributed by atoms with Crippen LogP contribution in [0.4, 0.5) is 5.69 Å². The fourth-order valence-corrected chi connectivity index (χ4v) is 1.90. The van der Waals surface area contributed by atoms with E-state index in [9.17, 15) is 14.9 Å². The van der Waals surface area contributed by atoms with Gasteiger partial charge >= 0.3 is 5.69 Å². The van der Waals surface area contributed by atoms with Crippen LogP contribution < -0.4 is 5.32 Å². The molecule has 7 nitrogen and oxygen atoms in total. The Morgan fingerprint density at radius 3 is 2.81 bits per heavy atom. The zero-order valence-corrected chi connectivity index (χ0v) is 13.1. The van der Waals surface area contributed by atoms with Crippen molar-refractivity contribution >= 4 is 23.2 Å². The van der Waals surface area contributed by atoms with Gasteiger partial charge in [0.2, 0.25) is 5.15 Å². The van der Waals surface area contributed by atoms with E-state index in [1.165, 1.54) is 12.3 Å². The average Bonchev–Trinajstić information content (AvgIpc) is 2.42. The van der Waals surface area contributed by atoms with E-state index >= 15 is 0 Å². The maximum absolute atomic E-state index is 12.0. The zero-order chi connectivity index (χ0) is 16.0. The number of nitro groups is 1. The second kappa shape index (κ2) is 7.90. The molecule has 1 amide bonds. The summed E-state index contributed by atoms with van der Waals surface area (Å²) in [6.07, 6.45) is 2.03. The molecule has 0 aliphatic heterocycles. The zero-order valence-electron chi connectivity index (χ0n) is 12.3. The third kappa shape index (κ3) is 4.95.